The lowest BCUT2D eigenvalue weighted by molar-refractivity contribution is 0.0525. The Kier molecular flexibility index (Phi) is 4.30. The molecule has 1 N–H and O–H groups in total. The first-order valence-electron chi connectivity index (χ1n) is 6.73. The summed E-state index contributed by atoms with van der Waals surface area (Å²) < 4.78 is 20.1. The van der Waals surface area contributed by atoms with Gasteiger partial charge in [0.1, 0.15) is 5.82 Å². The lowest BCUT2D eigenvalue weighted by Gasteiger charge is -2.08. The van der Waals surface area contributed by atoms with Gasteiger partial charge in [-0.15, -0.1) is 0 Å². The number of halogens is 1. The standard InChI is InChI=1S/C16H16FNO4/c1-4-22-16(21)12-8-14(18(3)9(12)2)13-7-10(17)5-6-11(13)15(19)20/h5-8H,4H2,1-3H3,(H,19,20). The average molecular weight is 305 g/mol. The van der Waals surface area contributed by atoms with Gasteiger partial charge in [-0.1, -0.05) is 0 Å². The Morgan fingerprint density at radius 1 is 1.27 bits per heavy atom. The van der Waals surface area contributed by atoms with Gasteiger partial charge in [0.05, 0.1) is 17.7 Å². The molecular weight excluding hydrogens is 289 g/mol. The summed E-state index contributed by atoms with van der Waals surface area (Å²) in [6, 6.07) is 4.97. The molecule has 1 aromatic carbocycles. The zero-order chi connectivity index (χ0) is 16.4. The molecule has 0 radical (unpaired) electrons. The monoisotopic (exact) mass is 305 g/mol. The first-order valence-corrected chi connectivity index (χ1v) is 6.73. The zero-order valence-corrected chi connectivity index (χ0v) is 12.5. The van der Waals surface area contributed by atoms with Crippen molar-refractivity contribution in [2.24, 2.45) is 7.05 Å². The molecule has 2 rings (SSSR count). The molecule has 5 nitrogen and oxygen atoms in total. The van der Waals surface area contributed by atoms with Gasteiger partial charge in [-0.25, -0.2) is 14.0 Å². The predicted molar refractivity (Wildman–Crippen MR) is 78.5 cm³/mol. The summed E-state index contributed by atoms with van der Waals surface area (Å²) in [4.78, 5) is 23.2. The number of hydrogen-bond donors (Lipinski definition) is 1. The maximum absolute atomic E-state index is 13.5. The topological polar surface area (TPSA) is 68.5 Å². The summed E-state index contributed by atoms with van der Waals surface area (Å²) in [5.74, 6) is -2.20. The van der Waals surface area contributed by atoms with Gasteiger partial charge in [0, 0.05) is 24.0 Å². The van der Waals surface area contributed by atoms with Crippen LogP contribution >= 0.6 is 0 Å². The fourth-order valence-electron chi connectivity index (χ4n) is 2.29. The maximum atomic E-state index is 13.5. The highest BCUT2D eigenvalue weighted by Gasteiger charge is 2.21. The Hall–Kier alpha value is -2.63. The van der Waals surface area contributed by atoms with Gasteiger partial charge in [0.15, 0.2) is 0 Å². The van der Waals surface area contributed by atoms with Crippen molar-refractivity contribution >= 4 is 11.9 Å². The van der Waals surface area contributed by atoms with Crippen LogP contribution in [-0.4, -0.2) is 28.2 Å². The largest absolute Gasteiger partial charge is 0.478 e. The van der Waals surface area contributed by atoms with Gasteiger partial charge in [0.2, 0.25) is 0 Å². The number of carboxylic acids is 1. The molecule has 116 valence electrons. The van der Waals surface area contributed by atoms with Crippen LogP contribution in [0.3, 0.4) is 0 Å². The number of carbonyl (C=O) groups is 2. The molecule has 0 saturated heterocycles. The second kappa shape index (κ2) is 6.01. The van der Waals surface area contributed by atoms with Crippen LogP contribution in [0.25, 0.3) is 11.3 Å². The molecule has 0 fully saturated rings. The molecule has 1 heterocycles. The first-order chi connectivity index (χ1) is 10.4. The number of carboxylic acid groups (broad SMARTS) is 1. The van der Waals surface area contributed by atoms with E-state index in [2.05, 4.69) is 0 Å². The van der Waals surface area contributed by atoms with Crippen molar-refractivity contribution in [2.45, 2.75) is 13.8 Å². The second-order valence-corrected chi connectivity index (χ2v) is 4.80. The Morgan fingerprint density at radius 2 is 1.95 bits per heavy atom. The number of carbonyl (C=O) groups excluding carboxylic acids is 1. The van der Waals surface area contributed by atoms with E-state index in [4.69, 9.17) is 4.74 Å². The van der Waals surface area contributed by atoms with Gasteiger partial charge in [-0.3, -0.25) is 0 Å². The van der Waals surface area contributed by atoms with Gasteiger partial charge in [0.25, 0.3) is 0 Å². The van der Waals surface area contributed by atoms with E-state index >= 15 is 0 Å². The minimum Gasteiger partial charge on any atom is -0.478 e. The van der Waals surface area contributed by atoms with E-state index in [1.54, 1.807) is 25.5 Å². The van der Waals surface area contributed by atoms with Crippen molar-refractivity contribution in [1.82, 2.24) is 4.57 Å². The van der Waals surface area contributed by atoms with Crippen molar-refractivity contribution in [1.29, 1.82) is 0 Å². The van der Waals surface area contributed by atoms with Gasteiger partial charge in [-0.05, 0) is 38.1 Å². The Morgan fingerprint density at radius 3 is 2.55 bits per heavy atom. The van der Waals surface area contributed by atoms with Crippen LogP contribution < -0.4 is 0 Å². The molecule has 2 aromatic rings. The summed E-state index contributed by atoms with van der Waals surface area (Å²) in [7, 11) is 1.68. The zero-order valence-electron chi connectivity index (χ0n) is 12.5. The van der Waals surface area contributed by atoms with Crippen LogP contribution in [0.2, 0.25) is 0 Å². The smallest absolute Gasteiger partial charge is 0.339 e. The number of ether oxygens (including phenoxy) is 1. The highest BCUT2D eigenvalue weighted by molar-refractivity contribution is 5.98. The van der Waals surface area contributed by atoms with Crippen LogP contribution in [0.5, 0.6) is 0 Å². The van der Waals surface area contributed by atoms with Crippen molar-refractivity contribution in [3.05, 3.63) is 46.9 Å². The average Bonchev–Trinajstić information content (AvgIpc) is 2.75. The Balaban J connectivity index is 2.64. The van der Waals surface area contributed by atoms with Gasteiger partial charge in [-0.2, -0.15) is 0 Å². The number of esters is 1. The van der Waals surface area contributed by atoms with Crippen LogP contribution in [0.4, 0.5) is 4.39 Å². The van der Waals surface area contributed by atoms with E-state index in [1.165, 1.54) is 12.1 Å². The van der Waals surface area contributed by atoms with Crippen molar-refractivity contribution in [2.75, 3.05) is 6.61 Å². The fraction of sp³-hybridized carbons (Fsp3) is 0.250. The molecule has 0 aliphatic carbocycles. The second-order valence-electron chi connectivity index (χ2n) is 4.80. The van der Waals surface area contributed by atoms with Crippen LogP contribution in [0.1, 0.15) is 33.3 Å². The van der Waals surface area contributed by atoms with E-state index in [0.717, 1.165) is 12.1 Å². The summed E-state index contributed by atoms with van der Waals surface area (Å²) in [6.45, 7) is 3.66. The van der Waals surface area contributed by atoms with Crippen LogP contribution in [-0.2, 0) is 11.8 Å². The van der Waals surface area contributed by atoms with E-state index < -0.39 is 17.8 Å². The minimum atomic E-state index is -1.16. The number of rotatable bonds is 4. The Labute approximate surface area is 126 Å². The lowest BCUT2D eigenvalue weighted by atomic mass is 10.0. The quantitative estimate of drug-likeness (QED) is 0.882. The van der Waals surface area contributed by atoms with Gasteiger partial charge >= 0.3 is 11.9 Å². The molecule has 0 amide bonds. The molecule has 0 aliphatic rings. The van der Waals surface area contributed by atoms with E-state index in [0.29, 0.717) is 17.0 Å². The van der Waals surface area contributed by atoms with Crippen LogP contribution in [0.15, 0.2) is 24.3 Å². The molecule has 6 heteroatoms. The normalized spacial score (nSPS) is 10.5. The summed E-state index contributed by atoms with van der Waals surface area (Å²) in [5, 5.41) is 9.25. The molecule has 1 aromatic heterocycles. The first kappa shape index (κ1) is 15.8. The third-order valence-corrected chi connectivity index (χ3v) is 3.52. The molecular formula is C16H16FNO4. The van der Waals surface area contributed by atoms with Gasteiger partial charge < -0.3 is 14.4 Å². The predicted octanol–water partition coefficient (Wildman–Crippen LogP) is 3.01. The number of aromatic carboxylic acids is 1. The lowest BCUT2D eigenvalue weighted by Crippen LogP contribution is -2.06. The molecule has 0 unspecified atom stereocenters. The summed E-state index contributed by atoms with van der Waals surface area (Å²) in [6.07, 6.45) is 0. The van der Waals surface area contributed by atoms with Crippen molar-refractivity contribution in [3.8, 4) is 11.3 Å². The SMILES string of the molecule is CCOC(=O)c1cc(-c2cc(F)ccc2C(=O)O)n(C)c1C. The molecule has 0 bridgehead atoms. The Bertz CT molecular complexity index is 749. The maximum Gasteiger partial charge on any atom is 0.339 e. The highest BCUT2D eigenvalue weighted by atomic mass is 19.1. The number of benzene rings is 1. The van der Waals surface area contributed by atoms with E-state index in [1.807, 2.05) is 0 Å². The van der Waals surface area contributed by atoms with E-state index in [-0.39, 0.29) is 17.7 Å². The summed E-state index contributed by atoms with van der Waals surface area (Å²) in [5.41, 5.74) is 1.58. The van der Waals surface area contributed by atoms with Crippen molar-refractivity contribution in [3.63, 3.8) is 0 Å². The fourth-order valence-corrected chi connectivity index (χ4v) is 2.29. The van der Waals surface area contributed by atoms with Crippen molar-refractivity contribution < 1.29 is 23.8 Å². The molecule has 22 heavy (non-hydrogen) atoms. The molecule has 0 aliphatic heterocycles. The molecule has 0 saturated carbocycles. The van der Waals surface area contributed by atoms with Crippen LogP contribution in [0, 0.1) is 12.7 Å². The number of hydrogen-bond acceptors (Lipinski definition) is 3. The molecule has 0 spiro atoms. The number of aromatic nitrogens is 1. The third kappa shape index (κ3) is 2.72. The molecule has 0 atom stereocenters. The van der Waals surface area contributed by atoms with E-state index in [9.17, 15) is 19.1 Å². The number of nitrogens with zero attached hydrogens (tertiary/aromatic N) is 1. The third-order valence-electron chi connectivity index (χ3n) is 3.52. The summed E-state index contributed by atoms with van der Waals surface area (Å²) >= 11 is 0. The highest BCUT2D eigenvalue weighted by Crippen LogP contribution is 2.29. The minimum absolute atomic E-state index is 0.0302.